The summed E-state index contributed by atoms with van der Waals surface area (Å²) >= 11 is 0. The van der Waals surface area contributed by atoms with Crippen LogP contribution < -0.4 is 5.32 Å². The Kier molecular flexibility index (Phi) is 14.8. The van der Waals surface area contributed by atoms with Gasteiger partial charge in [-0.3, -0.25) is 0 Å². The molecule has 1 N–H and O–H groups in total. The highest BCUT2D eigenvalue weighted by Crippen LogP contribution is 2.27. The van der Waals surface area contributed by atoms with Crippen molar-refractivity contribution >= 4 is 12.1 Å². The molecule has 1 amide bonds. The van der Waals surface area contributed by atoms with E-state index in [0.717, 1.165) is 38.5 Å². The third-order valence-electron chi connectivity index (χ3n) is 5.67. The third-order valence-corrected chi connectivity index (χ3v) is 5.67. The molecule has 5 heteroatoms. The van der Waals surface area contributed by atoms with E-state index >= 15 is 0 Å². The Morgan fingerprint density at radius 1 is 0.821 bits per heavy atom. The highest BCUT2D eigenvalue weighted by molar-refractivity contribution is 5.81. The van der Waals surface area contributed by atoms with Crippen LogP contribution in [-0.2, 0) is 14.3 Å². The average molecular weight is 398 g/mol. The molecule has 0 aliphatic heterocycles. The van der Waals surface area contributed by atoms with Gasteiger partial charge < -0.3 is 14.8 Å². The van der Waals surface area contributed by atoms with E-state index in [4.69, 9.17) is 9.47 Å². The van der Waals surface area contributed by atoms with E-state index in [1.54, 1.807) is 6.92 Å². The predicted octanol–water partition coefficient (Wildman–Crippen LogP) is 6.15. The summed E-state index contributed by atoms with van der Waals surface area (Å²) in [5.41, 5.74) is 0. The van der Waals surface area contributed by atoms with Crippen LogP contribution in [0.2, 0.25) is 0 Å². The van der Waals surface area contributed by atoms with Gasteiger partial charge in [-0.2, -0.15) is 0 Å². The second-order valence-corrected chi connectivity index (χ2v) is 8.09. The van der Waals surface area contributed by atoms with Crippen LogP contribution in [0.4, 0.5) is 4.79 Å². The summed E-state index contributed by atoms with van der Waals surface area (Å²) in [6.45, 7) is 4.76. The largest absolute Gasteiger partial charge is 0.464 e. The number of hydrogen-bond donors (Lipinski definition) is 1. The van der Waals surface area contributed by atoms with Crippen molar-refractivity contribution in [1.29, 1.82) is 0 Å². The number of unbranched alkanes of at least 4 members (excludes halogenated alkanes) is 9. The fourth-order valence-electron chi connectivity index (χ4n) is 3.99. The van der Waals surface area contributed by atoms with Gasteiger partial charge in [-0.15, -0.1) is 0 Å². The molecule has 0 spiro atoms. The average Bonchev–Trinajstić information content (AvgIpc) is 2.71. The van der Waals surface area contributed by atoms with Crippen LogP contribution in [0.25, 0.3) is 0 Å². The number of amides is 1. The Morgan fingerprint density at radius 2 is 1.39 bits per heavy atom. The number of hydrogen-bond acceptors (Lipinski definition) is 4. The van der Waals surface area contributed by atoms with Gasteiger partial charge in [-0.25, -0.2) is 9.59 Å². The molecule has 0 bridgehead atoms. The summed E-state index contributed by atoms with van der Waals surface area (Å²) in [4.78, 5) is 24.4. The molecular weight excluding hydrogens is 354 g/mol. The first-order valence-corrected chi connectivity index (χ1v) is 11.8. The maximum absolute atomic E-state index is 12.6. The van der Waals surface area contributed by atoms with Gasteiger partial charge in [0.25, 0.3) is 0 Å². The van der Waals surface area contributed by atoms with Gasteiger partial charge in [0.2, 0.25) is 0 Å². The van der Waals surface area contributed by atoms with Crippen molar-refractivity contribution in [3.05, 3.63) is 0 Å². The zero-order chi connectivity index (χ0) is 20.5. The summed E-state index contributed by atoms with van der Waals surface area (Å²) in [6.07, 6.45) is 17.4. The van der Waals surface area contributed by atoms with Gasteiger partial charge in [-0.05, 0) is 32.1 Å². The smallest absolute Gasteiger partial charge is 0.407 e. The first kappa shape index (κ1) is 24.8. The van der Waals surface area contributed by atoms with Crippen molar-refractivity contribution in [3.8, 4) is 0 Å². The van der Waals surface area contributed by atoms with Gasteiger partial charge >= 0.3 is 12.1 Å². The number of alkyl carbamates (subject to hydrolysis) is 1. The van der Waals surface area contributed by atoms with Crippen molar-refractivity contribution < 1.29 is 19.1 Å². The van der Waals surface area contributed by atoms with E-state index in [0.29, 0.717) is 13.2 Å². The van der Waals surface area contributed by atoms with Crippen LogP contribution >= 0.6 is 0 Å². The molecular formula is C23H43NO4. The summed E-state index contributed by atoms with van der Waals surface area (Å²) in [7, 11) is 0. The van der Waals surface area contributed by atoms with Crippen molar-refractivity contribution in [1.82, 2.24) is 5.32 Å². The van der Waals surface area contributed by atoms with E-state index in [9.17, 15) is 9.59 Å². The lowest BCUT2D eigenvalue weighted by atomic mass is 9.84. The molecule has 0 aromatic heterocycles. The number of nitrogens with one attached hydrogen (secondary N) is 1. The zero-order valence-electron chi connectivity index (χ0n) is 18.3. The van der Waals surface area contributed by atoms with Crippen LogP contribution in [0.3, 0.4) is 0 Å². The molecule has 1 saturated carbocycles. The zero-order valence-corrected chi connectivity index (χ0v) is 18.3. The van der Waals surface area contributed by atoms with E-state index in [-0.39, 0.29) is 11.9 Å². The molecule has 0 aromatic rings. The van der Waals surface area contributed by atoms with E-state index in [2.05, 4.69) is 12.2 Å². The molecule has 1 aliphatic carbocycles. The lowest BCUT2D eigenvalue weighted by Gasteiger charge is -2.29. The predicted molar refractivity (Wildman–Crippen MR) is 113 cm³/mol. The molecule has 0 saturated heterocycles. The fraction of sp³-hybridized carbons (Fsp3) is 0.913. The van der Waals surface area contributed by atoms with Crippen molar-refractivity contribution in [2.75, 3.05) is 13.2 Å². The third kappa shape index (κ3) is 11.6. The minimum atomic E-state index is -0.567. The van der Waals surface area contributed by atoms with E-state index in [1.165, 1.54) is 57.8 Å². The molecule has 1 rings (SSSR count). The molecule has 1 fully saturated rings. The van der Waals surface area contributed by atoms with Crippen LogP contribution in [0.1, 0.15) is 110 Å². The van der Waals surface area contributed by atoms with Crippen LogP contribution in [-0.4, -0.2) is 31.3 Å². The van der Waals surface area contributed by atoms with Gasteiger partial charge in [-0.1, -0.05) is 84.0 Å². The van der Waals surface area contributed by atoms with Crippen LogP contribution in [0.15, 0.2) is 0 Å². The number of carbonyl (C=O) groups excluding carboxylic acids is 2. The number of ether oxygens (including phenoxy) is 2. The second-order valence-electron chi connectivity index (χ2n) is 8.09. The summed E-state index contributed by atoms with van der Waals surface area (Å²) < 4.78 is 10.5. The molecule has 0 heterocycles. The summed E-state index contributed by atoms with van der Waals surface area (Å²) in [5.74, 6) is -0.130. The van der Waals surface area contributed by atoms with Gasteiger partial charge in [0.05, 0.1) is 13.2 Å². The minimum Gasteiger partial charge on any atom is -0.464 e. The molecule has 164 valence electrons. The molecule has 0 radical (unpaired) electrons. The Balaban J connectivity index is 2.18. The quantitative estimate of drug-likeness (QED) is 0.266. The van der Waals surface area contributed by atoms with Crippen LogP contribution in [0, 0.1) is 5.92 Å². The molecule has 1 atom stereocenters. The van der Waals surface area contributed by atoms with Crippen LogP contribution in [0.5, 0.6) is 0 Å². The van der Waals surface area contributed by atoms with E-state index in [1.807, 2.05) is 0 Å². The highest BCUT2D eigenvalue weighted by atomic mass is 16.6. The second kappa shape index (κ2) is 16.7. The van der Waals surface area contributed by atoms with E-state index < -0.39 is 12.1 Å². The normalized spacial score (nSPS) is 15.8. The number of carbonyl (C=O) groups is 2. The van der Waals surface area contributed by atoms with Crippen molar-refractivity contribution in [3.63, 3.8) is 0 Å². The standard InChI is InChI=1S/C23H43NO4/c1-3-5-6-7-8-9-10-11-12-16-19-28-22(25)21(24-23(26)27-4-2)20-17-14-13-15-18-20/h20-21H,3-19H2,1-2H3,(H,24,26). The SMILES string of the molecule is CCCCCCCCCCCCOC(=O)C(NC(=O)OCC)C1CCCCC1. The molecule has 28 heavy (non-hydrogen) atoms. The molecule has 1 unspecified atom stereocenters. The lowest BCUT2D eigenvalue weighted by Crippen LogP contribution is -2.47. The van der Waals surface area contributed by atoms with Crippen molar-refractivity contribution in [2.24, 2.45) is 5.92 Å². The Bertz CT molecular complexity index is 407. The maximum Gasteiger partial charge on any atom is 0.407 e. The Morgan fingerprint density at radius 3 is 1.96 bits per heavy atom. The monoisotopic (exact) mass is 397 g/mol. The number of esters is 1. The van der Waals surface area contributed by atoms with Gasteiger partial charge in [0, 0.05) is 0 Å². The fourth-order valence-corrected chi connectivity index (χ4v) is 3.99. The van der Waals surface area contributed by atoms with Crippen molar-refractivity contribution in [2.45, 2.75) is 116 Å². The lowest BCUT2D eigenvalue weighted by molar-refractivity contribution is -0.148. The maximum atomic E-state index is 12.6. The highest BCUT2D eigenvalue weighted by Gasteiger charge is 2.32. The topological polar surface area (TPSA) is 64.6 Å². The van der Waals surface area contributed by atoms with Gasteiger partial charge in [0.15, 0.2) is 0 Å². The molecule has 1 aliphatic rings. The Labute approximate surface area is 172 Å². The summed E-state index contributed by atoms with van der Waals surface area (Å²) in [6, 6.07) is -0.567. The first-order valence-electron chi connectivity index (χ1n) is 11.8. The minimum absolute atomic E-state index is 0.165. The number of rotatable bonds is 15. The summed E-state index contributed by atoms with van der Waals surface area (Å²) in [5, 5.41) is 2.74. The van der Waals surface area contributed by atoms with Gasteiger partial charge in [0.1, 0.15) is 6.04 Å². The molecule has 0 aromatic carbocycles. The first-order chi connectivity index (χ1) is 13.7. The Hall–Kier alpha value is -1.26. The molecule has 5 nitrogen and oxygen atoms in total.